The predicted molar refractivity (Wildman–Crippen MR) is 86.4 cm³/mol. The van der Waals surface area contributed by atoms with Crippen LogP contribution in [0.3, 0.4) is 0 Å². The lowest BCUT2D eigenvalue weighted by atomic mass is 10.1. The van der Waals surface area contributed by atoms with E-state index in [1.54, 1.807) is 25.3 Å². The number of rotatable bonds is 4. The number of halogens is 1. The molecule has 2 aromatic heterocycles. The summed E-state index contributed by atoms with van der Waals surface area (Å²) in [5.74, 6) is -1.26. The van der Waals surface area contributed by atoms with Crippen molar-refractivity contribution in [3.63, 3.8) is 0 Å². The summed E-state index contributed by atoms with van der Waals surface area (Å²) in [6.07, 6.45) is 3.66. The van der Waals surface area contributed by atoms with E-state index in [0.29, 0.717) is 11.8 Å². The van der Waals surface area contributed by atoms with Crippen molar-refractivity contribution >= 4 is 16.9 Å². The Balaban J connectivity index is 1.93. The van der Waals surface area contributed by atoms with Gasteiger partial charge in [0.1, 0.15) is 11.3 Å². The van der Waals surface area contributed by atoms with Gasteiger partial charge < -0.3 is 9.84 Å². The summed E-state index contributed by atoms with van der Waals surface area (Å²) < 4.78 is 17.8. The molecule has 0 bridgehead atoms. The maximum absolute atomic E-state index is 12.9. The van der Waals surface area contributed by atoms with Crippen LogP contribution in [0.25, 0.3) is 10.9 Å². The Morgan fingerprint density at radius 3 is 2.62 bits per heavy atom. The van der Waals surface area contributed by atoms with Gasteiger partial charge in [-0.2, -0.15) is 0 Å². The first-order valence-electron chi connectivity index (χ1n) is 7.46. The van der Waals surface area contributed by atoms with E-state index in [4.69, 9.17) is 4.74 Å². The van der Waals surface area contributed by atoms with Crippen molar-refractivity contribution in [3.8, 4) is 5.75 Å². The molecular weight excluding hydrogens is 311 g/mol. The average Bonchev–Trinajstić information content (AvgIpc) is 2.57. The van der Waals surface area contributed by atoms with Gasteiger partial charge in [-0.25, -0.2) is 14.2 Å². The number of carbonyl (C=O) groups excluding carboxylic acids is 1. The number of benzene rings is 1. The number of aromatic hydroxyl groups is 1. The number of fused-ring (bicyclic) bond motifs is 1. The molecule has 0 amide bonds. The Hall–Kier alpha value is -3.02. The van der Waals surface area contributed by atoms with E-state index in [9.17, 15) is 14.3 Å². The summed E-state index contributed by atoms with van der Waals surface area (Å²) in [7, 11) is 0. The van der Waals surface area contributed by atoms with Crippen LogP contribution >= 0.6 is 0 Å². The van der Waals surface area contributed by atoms with Gasteiger partial charge in [-0.05, 0) is 42.7 Å². The molecule has 0 aliphatic heterocycles. The summed E-state index contributed by atoms with van der Waals surface area (Å²) in [4.78, 5) is 19.9. The van der Waals surface area contributed by atoms with Crippen molar-refractivity contribution in [2.75, 3.05) is 6.61 Å². The molecule has 0 atom stereocenters. The first-order chi connectivity index (χ1) is 11.6. The largest absolute Gasteiger partial charge is 0.504 e. The fraction of sp³-hybridized carbons (Fsp3) is 0.167. The maximum atomic E-state index is 12.9. The number of hydrogen-bond acceptors (Lipinski definition) is 5. The molecule has 6 heteroatoms. The molecule has 1 N–H and O–H groups in total. The lowest BCUT2D eigenvalue weighted by Crippen LogP contribution is -2.07. The van der Waals surface area contributed by atoms with Crippen LogP contribution in [-0.4, -0.2) is 27.7 Å². The second kappa shape index (κ2) is 6.62. The zero-order chi connectivity index (χ0) is 17.1. The number of carbonyl (C=O) groups is 1. The van der Waals surface area contributed by atoms with E-state index in [1.807, 2.05) is 6.07 Å². The molecule has 0 aliphatic carbocycles. The van der Waals surface area contributed by atoms with Gasteiger partial charge in [-0.3, -0.25) is 4.98 Å². The molecule has 24 heavy (non-hydrogen) atoms. The van der Waals surface area contributed by atoms with E-state index >= 15 is 0 Å². The van der Waals surface area contributed by atoms with Gasteiger partial charge in [0.15, 0.2) is 11.4 Å². The number of aromatic nitrogens is 2. The Morgan fingerprint density at radius 2 is 1.92 bits per heavy atom. The maximum Gasteiger partial charge on any atom is 0.360 e. The minimum atomic E-state index is -0.686. The molecule has 5 nitrogen and oxygen atoms in total. The van der Waals surface area contributed by atoms with E-state index in [2.05, 4.69) is 9.97 Å². The predicted octanol–water partition coefficient (Wildman–Crippen LogP) is 3.24. The van der Waals surface area contributed by atoms with E-state index in [0.717, 1.165) is 11.1 Å². The molecule has 0 radical (unpaired) electrons. The highest BCUT2D eigenvalue weighted by atomic mass is 19.1. The van der Waals surface area contributed by atoms with Crippen LogP contribution in [0.15, 0.2) is 42.7 Å². The van der Waals surface area contributed by atoms with Gasteiger partial charge >= 0.3 is 5.97 Å². The molecular formula is C18H15FN2O3. The van der Waals surface area contributed by atoms with Crippen LogP contribution in [0.5, 0.6) is 5.75 Å². The molecule has 3 aromatic rings. The first-order valence-corrected chi connectivity index (χ1v) is 7.46. The van der Waals surface area contributed by atoms with Crippen LogP contribution in [-0.2, 0) is 11.2 Å². The Morgan fingerprint density at radius 1 is 1.17 bits per heavy atom. The number of pyridine rings is 2. The molecule has 0 aliphatic rings. The summed E-state index contributed by atoms with van der Waals surface area (Å²) in [5, 5.41) is 10.8. The number of hydrogen-bond donors (Lipinski definition) is 1. The molecule has 1 aromatic carbocycles. The van der Waals surface area contributed by atoms with Crippen molar-refractivity contribution in [3.05, 3.63) is 65.4 Å². The molecule has 0 fully saturated rings. The monoisotopic (exact) mass is 326 g/mol. The molecule has 0 spiro atoms. The van der Waals surface area contributed by atoms with E-state index in [1.165, 1.54) is 18.3 Å². The molecule has 0 unspecified atom stereocenters. The quantitative estimate of drug-likeness (QED) is 0.745. The lowest BCUT2D eigenvalue weighted by Gasteiger charge is -2.07. The molecule has 122 valence electrons. The van der Waals surface area contributed by atoms with Crippen molar-refractivity contribution < 1.29 is 19.0 Å². The summed E-state index contributed by atoms with van der Waals surface area (Å²) in [6.45, 7) is 1.87. The van der Waals surface area contributed by atoms with Crippen LogP contribution in [0.4, 0.5) is 4.39 Å². The molecule has 3 rings (SSSR count). The lowest BCUT2D eigenvalue weighted by molar-refractivity contribution is 0.0516. The van der Waals surface area contributed by atoms with Gasteiger partial charge in [0.25, 0.3) is 0 Å². The number of esters is 1. The minimum Gasteiger partial charge on any atom is -0.504 e. The molecule has 2 heterocycles. The number of nitrogens with zero attached hydrogens (tertiary/aromatic N) is 2. The second-order valence-electron chi connectivity index (χ2n) is 5.26. The van der Waals surface area contributed by atoms with Gasteiger partial charge in [0.05, 0.1) is 6.61 Å². The first kappa shape index (κ1) is 15.9. The van der Waals surface area contributed by atoms with Crippen LogP contribution in [0.1, 0.15) is 28.5 Å². The minimum absolute atomic E-state index is 0.150. The van der Waals surface area contributed by atoms with Gasteiger partial charge in [-0.15, -0.1) is 0 Å². The second-order valence-corrected chi connectivity index (χ2v) is 5.26. The molecule has 0 saturated heterocycles. The third-order valence-electron chi connectivity index (χ3n) is 3.55. The number of ether oxygens (including phenoxy) is 1. The smallest absolute Gasteiger partial charge is 0.360 e. The summed E-state index contributed by atoms with van der Waals surface area (Å²) in [5.41, 5.74) is 1.97. The van der Waals surface area contributed by atoms with E-state index < -0.39 is 5.97 Å². The highest BCUT2D eigenvalue weighted by molar-refractivity contribution is 5.97. The third-order valence-corrected chi connectivity index (χ3v) is 3.55. The average molecular weight is 326 g/mol. The van der Waals surface area contributed by atoms with Crippen molar-refractivity contribution in [1.29, 1.82) is 0 Å². The van der Waals surface area contributed by atoms with Crippen molar-refractivity contribution in [2.24, 2.45) is 0 Å². The Bertz CT molecular complexity index is 895. The summed E-state index contributed by atoms with van der Waals surface area (Å²) >= 11 is 0. The van der Waals surface area contributed by atoms with Crippen molar-refractivity contribution in [1.82, 2.24) is 9.97 Å². The standard InChI is InChI=1S/C18H15FN2O3/c1-2-24-18(23)16-17(22)15-13(10-21-16)8-12(9-20-15)7-11-3-5-14(19)6-4-11/h3-6,8-10,22H,2,7H2,1H3. The van der Waals surface area contributed by atoms with Crippen LogP contribution in [0, 0.1) is 5.82 Å². The fourth-order valence-electron chi connectivity index (χ4n) is 2.41. The van der Waals surface area contributed by atoms with Crippen LogP contribution < -0.4 is 0 Å². The van der Waals surface area contributed by atoms with Crippen molar-refractivity contribution in [2.45, 2.75) is 13.3 Å². The topological polar surface area (TPSA) is 72.3 Å². The zero-order valence-corrected chi connectivity index (χ0v) is 13.0. The van der Waals surface area contributed by atoms with E-state index in [-0.39, 0.29) is 29.4 Å². The molecule has 0 saturated carbocycles. The zero-order valence-electron chi connectivity index (χ0n) is 13.0. The van der Waals surface area contributed by atoms with Gasteiger partial charge in [0.2, 0.25) is 0 Å². The SMILES string of the molecule is CCOC(=O)c1ncc2cc(Cc3ccc(F)cc3)cnc2c1O. The highest BCUT2D eigenvalue weighted by Gasteiger charge is 2.17. The van der Waals surface area contributed by atoms with Gasteiger partial charge in [-0.1, -0.05) is 12.1 Å². The van der Waals surface area contributed by atoms with Crippen LogP contribution in [0.2, 0.25) is 0 Å². The highest BCUT2D eigenvalue weighted by Crippen LogP contribution is 2.26. The fourth-order valence-corrected chi connectivity index (χ4v) is 2.41. The third kappa shape index (κ3) is 3.17. The Labute approximate surface area is 137 Å². The van der Waals surface area contributed by atoms with Gasteiger partial charge in [0, 0.05) is 17.8 Å². The normalized spacial score (nSPS) is 10.8. The Kier molecular flexibility index (Phi) is 4.37. The summed E-state index contributed by atoms with van der Waals surface area (Å²) in [6, 6.07) is 8.05.